The molecule has 1 aliphatic rings. The molecule has 0 amide bonds. The highest BCUT2D eigenvalue weighted by molar-refractivity contribution is 5.46. The Kier molecular flexibility index (Phi) is 0.759. The molecule has 0 saturated carbocycles. The van der Waals surface area contributed by atoms with E-state index in [4.69, 9.17) is 4.84 Å². The van der Waals surface area contributed by atoms with Gasteiger partial charge >= 0.3 is 0 Å². The van der Waals surface area contributed by atoms with Gasteiger partial charge in [0.25, 0.3) is 0 Å². The summed E-state index contributed by atoms with van der Waals surface area (Å²) < 4.78 is 0. The summed E-state index contributed by atoms with van der Waals surface area (Å²) in [6, 6.07) is 0. The Labute approximate surface area is 36.2 Å². The molecule has 0 N–H and O–H groups in total. The van der Waals surface area contributed by atoms with Crippen molar-refractivity contribution in [3.05, 3.63) is 0 Å². The summed E-state index contributed by atoms with van der Waals surface area (Å²) in [7, 11) is 1.83. The van der Waals surface area contributed by atoms with E-state index in [0.29, 0.717) is 6.67 Å². The summed E-state index contributed by atoms with van der Waals surface area (Å²) in [6.45, 7) is 0.667. The van der Waals surface area contributed by atoms with E-state index in [-0.39, 0.29) is 0 Å². The van der Waals surface area contributed by atoms with Crippen molar-refractivity contribution in [1.29, 1.82) is 0 Å². The summed E-state index contributed by atoms with van der Waals surface area (Å²) in [4.78, 5) is 8.44. The van der Waals surface area contributed by atoms with E-state index in [1.54, 1.807) is 5.06 Å². The second-order valence-electron chi connectivity index (χ2n) is 1.16. The number of aliphatic imine (C=N–C) groups is 1. The minimum Gasteiger partial charge on any atom is -0.393 e. The second-order valence-corrected chi connectivity index (χ2v) is 1.16. The van der Waals surface area contributed by atoms with Crippen molar-refractivity contribution < 1.29 is 4.84 Å². The third-order valence-electron chi connectivity index (χ3n) is 0.582. The van der Waals surface area contributed by atoms with Crippen LogP contribution in [0.15, 0.2) is 4.99 Å². The molecule has 6 heavy (non-hydrogen) atoms. The van der Waals surface area contributed by atoms with Crippen molar-refractivity contribution >= 4 is 6.40 Å². The molecule has 34 valence electrons. The molecule has 1 aliphatic heterocycles. The van der Waals surface area contributed by atoms with Gasteiger partial charge in [-0.2, -0.15) is 0 Å². The summed E-state index contributed by atoms with van der Waals surface area (Å²) in [5.41, 5.74) is 0. The fourth-order valence-electron chi connectivity index (χ4n) is 0.295. The first-order chi connectivity index (χ1) is 2.89. The van der Waals surface area contributed by atoms with Crippen LogP contribution in [-0.2, 0) is 4.84 Å². The average molecular weight is 86.1 g/mol. The first-order valence-electron chi connectivity index (χ1n) is 1.76. The molecule has 0 saturated heterocycles. The number of nitrogens with zero attached hydrogens (tertiary/aromatic N) is 2. The van der Waals surface area contributed by atoms with Crippen molar-refractivity contribution in [2.24, 2.45) is 4.99 Å². The van der Waals surface area contributed by atoms with Gasteiger partial charge in [0.05, 0.1) is 0 Å². The van der Waals surface area contributed by atoms with Gasteiger partial charge in [0.2, 0.25) is 0 Å². The Bertz CT molecular complexity index is 63.2. The Morgan fingerprint density at radius 2 is 2.83 bits per heavy atom. The molecule has 1 rings (SSSR count). The van der Waals surface area contributed by atoms with Crippen molar-refractivity contribution in [3.63, 3.8) is 0 Å². The van der Waals surface area contributed by atoms with Gasteiger partial charge in [-0.15, -0.1) is 5.06 Å². The zero-order chi connectivity index (χ0) is 4.41. The fourth-order valence-corrected chi connectivity index (χ4v) is 0.295. The molecule has 0 spiro atoms. The number of rotatable bonds is 0. The summed E-state index contributed by atoms with van der Waals surface area (Å²) in [5.74, 6) is 0. The van der Waals surface area contributed by atoms with E-state index >= 15 is 0 Å². The van der Waals surface area contributed by atoms with Gasteiger partial charge in [0.1, 0.15) is 6.67 Å². The third kappa shape index (κ3) is 0.490. The predicted octanol–water partition coefficient (Wildman–Crippen LogP) is -0.151. The van der Waals surface area contributed by atoms with Crippen LogP contribution in [0.2, 0.25) is 0 Å². The van der Waals surface area contributed by atoms with Crippen LogP contribution in [0.25, 0.3) is 0 Å². The van der Waals surface area contributed by atoms with Crippen LogP contribution >= 0.6 is 0 Å². The van der Waals surface area contributed by atoms with Gasteiger partial charge in [-0.05, 0) is 0 Å². The van der Waals surface area contributed by atoms with Crippen LogP contribution in [0.3, 0.4) is 0 Å². The SMILES string of the molecule is CN1CN=CO1. The maximum absolute atomic E-state index is 4.69. The van der Waals surface area contributed by atoms with Crippen LogP contribution in [-0.4, -0.2) is 25.2 Å². The van der Waals surface area contributed by atoms with E-state index in [1.807, 2.05) is 7.05 Å². The largest absolute Gasteiger partial charge is 0.393 e. The lowest BCUT2D eigenvalue weighted by Crippen LogP contribution is -2.10. The van der Waals surface area contributed by atoms with Crippen LogP contribution in [0, 0.1) is 0 Å². The Balaban J connectivity index is 2.32. The van der Waals surface area contributed by atoms with Gasteiger partial charge in [0.15, 0.2) is 6.40 Å². The lowest BCUT2D eigenvalue weighted by molar-refractivity contribution is -0.0142. The van der Waals surface area contributed by atoms with Gasteiger partial charge in [-0.3, -0.25) is 0 Å². The Morgan fingerprint density at radius 1 is 2.00 bits per heavy atom. The summed E-state index contributed by atoms with van der Waals surface area (Å²) in [6.07, 6.45) is 1.43. The van der Waals surface area contributed by atoms with Gasteiger partial charge < -0.3 is 4.84 Å². The molecule has 0 atom stereocenters. The minimum atomic E-state index is 0.667. The minimum absolute atomic E-state index is 0.667. The van der Waals surface area contributed by atoms with E-state index < -0.39 is 0 Å². The van der Waals surface area contributed by atoms with Gasteiger partial charge in [-0.25, -0.2) is 4.99 Å². The number of hydrogen-bond acceptors (Lipinski definition) is 3. The fraction of sp³-hybridized carbons (Fsp3) is 0.667. The number of hydroxylamine groups is 2. The monoisotopic (exact) mass is 86.0 g/mol. The van der Waals surface area contributed by atoms with Crippen molar-refractivity contribution in [3.8, 4) is 0 Å². The number of hydrogen-bond donors (Lipinski definition) is 0. The molecule has 0 unspecified atom stereocenters. The smallest absolute Gasteiger partial charge is 0.198 e. The zero-order valence-corrected chi connectivity index (χ0v) is 3.59. The molecular formula is C3H6N2O. The maximum Gasteiger partial charge on any atom is 0.198 e. The molecule has 0 bridgehead atoms. The van der Waals surface area contributed by atoms with E-state index in [9.17, 15) is 0 Å². The lowest BCUT2D eigenvalue weighted by Gasteiger charge is -2.00. The highest BCUT2D eigenvalue weighted by atomic mass is 16.7. The topological polar surface area (TPSA) is 24.8 Å². The molecule has 0 fully saturated rings. The molecule has 0 radical (unpaired) electrons. The van der Waals surface area contributed by atoms with Crippen LogP contribution in [0.1, 0.15) is 0 Å². The Morgan fingerprint density at radius 3 is 3.00 bits per heavy atom. The standard InChI is InChI=1S/C3H6N2O/c1-5-2-4-3-6-5/h3H,2H2,1H3. The quantitative estimate of drug-likeness (QED) is 0.409. The lowest BCUT2D eigenvalue weighted by atomic mass is 11.1. The predicted molar refractivity (Wildman–Crippen MR) is 22.2 cm³/mol. The highest BCUT2D eigenvalue weighted by Gasteiger charge is 1.96. The van der Waals surface area contributed by atoms with Crippen LogP contribution in [0.5, 0.6) is 0 Å². The zero-order valence-electron chi connectivity index (χ0n) is 3.59. The first kappa shape index (κ1) is 3.61. The maximum atomic E-state index is 4.69. The van der Waals surface area contributed by atoms with E-state index in [2.05, 4.69) is 4.99 Å². The molecule has 0 aromatic rings. The van der Waals surface area contributed by atoms with E-state index in [0.717, 1.165) is 0 Å². The molecule has 0 aliphatic carbocycles. The molecule has 1 heterocycles. The van der Waals surface area contributed by atoms with E-state index in [1.165, 1.54) is 6.40 Å². The molecule has 0 aromatic heterocycles. The third-order valence-corrected chi connectivity index (χ3v) is 0.582. The van der Waals surface area contributed by atoms with Crippen molar-refractivity contribution in [2.45, 2.75) is 0 Å². The molecule has 3 nitrogen and oxygen atoms in total. The molecule has 3 heteroatoms. The van der Waals surface area contributed by atoms with Crippen LogP contribution in [0.4, 0.5) is 0 Å². The van der Waals surface area contributed by atoms with Crippen molar-refractivity contribution in [1.82, 2.24) is 5.06 Å². The second kappa shape index (κ2) is 1.26. The first-order valence-corrected chi connectivity index (χ1v) is 1.76. The normalized spacial score (nSPS) is 21.5. The highest BCUT2D eigenvalue weighted by Crippen LogP contribution is 1.88. The van der Waals surface area contributed by atoms with Gasteiger partial charge in [0, 0.05) is 7.05 Å². The molecular weight excluding hydrogens is 80.0 g/mol. The summed E-state index contributed by atoms with van der Waals surface area (Å²) >= 11 is 0. The summed E-state index contributed by atoms with van der Waals surface area (Å²) in [5, 5.41) is 1.64. The van der Waals surface area contributed by atoms with Crippen LogP contribution < -0.4 is 0 Å². The molecule has 0 aromatic carbocycles. The van der Waals surface area contributed by atoms with Gasteiger partial charge in [-0.1, -0.05) is 0 Å². The van der Waals surface area contributed by atoms with Crippen molar-refractivity contribution in [2.75, 3.05) is 13.7 Å². The Hall–Kier alpha value is -0.570. The average Bonchev–Trinajstić information content (AvgIpc) is 1.86.